The zero-order valence-corrected chi connectivity index (χ0v) is 12.9. The van der Waals surface area contributed by atoms with E-state index in [1.54, 1.807) is 0 Å². The average Bonchev–Trinajstić information content (AvgIpc) is 2.86. The first kappa shape index (κ1) is 14.5. The van der Waals surface area contributed by atoms with Crippen molar-refractivity contribution in [3.63, 3.8) is 0 Å². The Morgan fingerprint density at radius 2 is 1.95 bits per heavy atom. The van der Waals surface area contributed by atoms with Gasteiger partial charge in [0.2, 0.25) is 5.13 Å². The summed E-state index contributed by atoms with van der Waals surface area (Å²) in [6.45, 7) is 1.89. The normalized spacial score (nSPS) is 12.5. The second-order valence-electron chi connectivity index (χ2n) is 3.60. The van der Waals surface area contributed by atoms with E-state index in [2.05, 4.69) is 19.9 Å². The van der Waals surface area contributed by atoms with Crippen LogP contribution in [0.3, 0.4) is 0 Å². The van der Waals surface area contributed by atoms with Gasteiger partial charge in [0.15, 0.2) is 5.82 Å². The van der Waals surface area contributed by atoms with Gasteiger partial charge >= 0.3 is 0 Å². The summed E-state index contributed by atoms with van der Waals surface area (Å²) in [6.07, 6.45) is 0. The van der Waals surface area contributed by atoms with Crippen molar-refractivity contribution in [1.82, 2.24) is 9.36 Å². The van der Waals surface area contributed by atoms with E-state index in [0.29, 0.717) is 5.13 Å². The van der Waals surface area contributed by atoms with Crippen molar-refractivity contribution in [3.8, 4) is 0 Å². The van der Waals surface area contributed by atoms with Crippen LogP contribution in [0, 0.1) is 0 Å². The first-order valence-electron chi connectivity index (χ1n) is 5.23. The summed E-state index contributed by atoms with van der Waals surface area (Å²) in [5.41, 5.74) is 4.63. The number of anilines is 1. The second-order valence-corrected chi connectivity index (χ2v) is 6.63. The van der Waals surface area contributed by atoms with E-state index >= 15 is 0 Å². The number of halogens is 3. The zero-order chi connectivity index (χ0) is 13.9. The van der Waals surface area contributed by atoms with E-state index in [-0.39, 0.29) is 5.82 Å². The quantitative estimate of drug-likeness (QED) is 0.519. The minimum absolute atomic E-state index is 0.137. The fourth-order valence-electron chi connectivity index (χ4n) is 1.26. The topological polar surface area (TPSA) is 50.2 Å². The van der Waals surface area contributed by atoms with Gasteiger partial charge in [-0.05, 0) is 12.5 Å². The molecule has 0 saturated carbocycles. The Morgan fingerprint density at radius 1 is 1.26 bits per heavy atom. The highest BCUT2D eigenvalue weighted by Crippen LogP contribution is 2.37. The van der Waals surface area contributed by atoms with Crippen LogP contribution in [0.15, 0.2) is 35.4 Å². The molecule has 0 bridgehead atoms. The Kier molecular flexibility index (Phi) is 4.62. The highest BCUT2D eigenvalue weighted by Gasteiger charge is 2.28. The molecular weight excluding hydrogens is 327 g/mol. The molecule has 1 N–H and O–H groups in total. The molecule has 0 spiro atoms. The number of nitrogens with one attached hydrogen (secondary N) is 1. The van der Waals surface area contributed by atoms with E-state index in [4.69, 9.17) is 34.8 Å². The number of hydrogen-bond acceptors (Lipinski definition) is 5. The summed E-state index contributed by atoms with van der Waals surface area (Å²) >= 11 is 18.1. The Hall–Kier alpha value is -0.880. The number of hydrogen-bond donors (Lipinski definition) is 1. The zero-order valence-electron chi connectivity index (χ0n) is 9.77. The predicted molar refractivity (Wildman–Crippen MR) is 81.4 cm³/mol. The van der Waals surface area contributed by atoms with Crippen molar-refractivity contribution in [3.05, 3.63) is 41.7 Å². The lowest BCUT2D eigenvalue weighted by Gasteiger charge is -2.03. The molecule has 1 aromatic heterocycles. The molecule has 0 aliphatic carbocycles. The summed E-state index contributed by atoms with van der Waals surface area (Å²) in [5, 5.41) is 4.67. The molecule has 2 aromatic rings. The molecular formula is C11H9Cl3N4S. The maximum absolute atomic E-state index is 5.68. The van der Waals surface area contributed by atoms with E-state index in [1.807, 2.05) is 37.3 Å². The third kappa shape index (κ3) is 4.04. The number of alkyl halides is 3. The molecule has 0 radical (unpaired) electrons. The summed E-state index contributed by atoms with van der Waals surface area (Å²) < 4.78 is 2.32. The Morgan fingerprint density at radius 3 is 2.53 bits per heavy atom. The summed E-state index contributed by atoms with van der Waals surface area (Å²) in [6, 6.07) is 9.77. The van der Waals surface area contributed by atoms with Crippen molar-refractivity contribution >= 4 is 57.2 Å². The number of aromatic nitrogens is 2. The van der Waals surface area contributed by atoms with Gasteiger partial charge in [-0.15, -0.1) is 0 Å². The second kappa shape index (κ2) is 6.05. The molecule has 0 aliphatic rings. The fourth-order valence-corrected chi connectivity index (χ4v) is 2.23. The molecule has 0 aliphatic heterocycles. The van der Waals surface area contributed by atoms with Crippen molar-refractivity contribution in [2.24, 2.45) is 5.10 Å². The molecule has 0 amide bonds. The SMILES string of the molecule is CC(=NNc1nc(C(Cl)(Cl)Cl)ns1)c1ccccc1. The first-order chi connectivity index (χ1) is 8.97. The van der Waals surface area contributed by atoms with E-state index < -0.39 is 3.79 Å². The van der Waals surface area contributed by atoms with E-state index in [9.17, 15) is 0 Å². The lowest BCUT2D eigenvalue weighted by molar-refractivity contribution is 1.04. The Balaban J connectivity index is 2.08. The molecule has 0 fully saturated rings. The molecule has 0 atom stereocenters. The molecule has 1 heterocycles. The summed E-state index contributed by atoms with van der Waals surface area (Å²) in [5.74, 6) is 0.137. The standard InChI is InChI=1S/C11H9Cl3N4S/c1-7(8-5-3-2-4-6-8)16-17-10-15-9(18-19-10)11(12,13)14/h2-6H,1H3,(H,15,17,18). The lowest BCUT2D eigenvalue weighted by atomic mass is 10.1. The Labute approximate surface area is 129 Å². The third-order valence-electron chi connectivity index (χ3n) is 2.19. The molecule has 1 aromatic carbocycles. The van der Waals surface area contributed by atoms with Gasteiger partial charge in [-0.3, -0.25) is 5.43 Å². The summed E-state index contributed by atoms with van der Waals surface area (Å²) in [7, 11) is 0. The van der Waals surface area contributed by atoms with Crippen LogP contribution in [0.5, 0.6) is 0 Å². The first-order valence-corrected chi connectivity index (χ1v) is 7.14. The lowest BCUT2D eigenvalue weighted by Crippen LogP contribution is -2.03. The largest absolute Gasteiger partial charge is 0.251 e. The minimum atomic E-state index is -1.62. The van der Waals surface area contributed by atoms with Crippen LogP contribution in [0.2, 0.25) is 0 Å². The van der Waals surface area contributed by atoms with Crippen LogP contribution in [0.4, 0.5) is 5.13 Å². The smallest absolute Gasteiger partial charge is 0.251 e. The van der Waals surface area contributed by atoms with Crippen LogP contribution in [0.25, 0.3) is 0 Å². The molecule has 100 valence electrons. The monoisotopic (exact) mass is 334 g/mol. The van der Waals surface area contributed by atoms with Gasteiger partial charge < -0.3 is 0 Å². The van der Waals surface area contributed by atoms with Gasteiger partial charge in [0.1, 0.15) is 0 Å². The van der Waals surface area contributed by atoms with Crippen LogP contribution in [-0.2, 0) is 3.79 Å². The van der Waals surface area contributed by atoms with Crippen LogP contribution in [-0.4, -0.2) is 15.1 Å². The number of nitrogens with zero attached hydrogens (tertiary/aromatic N) is 3. The minimum Gasteiger partial charge on any atom is -0.251 e. The maximum atomic E-state index is 5.68. The van der Waals surface area contributed by atoms with E-state index in [1.165, 1.54) is 0 Å². The number of benzene rings is 1. The number of hydrazone groups is 1. The van der Waals surface area contributed by atoms with Gasteiger partial charge in [0, 0.05) is 11.5 Å². The fraction of sp³-hybridized carbons (Fsp3) is 0.182. The van der Waals surface area contributed by atoms with Crippen LogP contribution in [0.1, 0.15) is 18.3 Å². The highest BCUT2D eigenvalue weighted by atomic mass is 35.6. The molecule has 8 heteroatoms. The predicted octanol–water partition coefficient (Wildman–Crippen LogP) is 4.20. The van der Waals surface area contributed by atoms with Gasteiger partial charge in [-0.1, -0.05) is 65.1 Å². The highest BCUT2D eigenvalue weighted by molar-refractivity contribution is 7.09. The van der Waals surface area contributed by atoms with Crippen LogP contribution < -0.4 is 5.43 Å². The van der Waals surface area contributed by atoms with Gasteiger partial charge in [-0.25, -0.2) is 0 Å². The van der Waals surface area contributed by atoms with Crippen LogP contribution >= 0.6 is 46.3 Å². The van der Waals surface area contributed by atoms with Crippen molar-refractivity contribution < 1.29 is 0 Å². The van der Waals surface area contributed by atoms with Crippen molar-refractivity contribution in [1.29, 1.82) is 0 Å². The van der Waals surface area contributed by atoms with Crippen molar-refractivity contribution in [2.45, 2.75) is 10.7 Å². The van der Waals surface area contributed by atoms with Gasteiger partial charge in [0.05, 0.1) is 5.71 Å². The van der Waals surface area contributed by atoms with Gasteiger partial charge in [0.25, 0.3) is 3.79 Å². The van der Waals surface area contributed by atoms with Gasteiger partial charge in [-0.2, -0.15) is 14.5 Å². The van der Waals surface area contributed by atoms with Crippen molar-refractivity contribution in [2.75, 3.05) is 5.43 Å². The molecule has 0 saturated heterocycles. The summed E-state index contributed by atoms with van der Waals surface area (Å²) in [4.78, 5) is 4.04. The number of rotatable bonds is 3. The maximum Gasteiger partial charge on any atom is 0.251 e. The molecule has 0 unspecified atom stereocenters. The molecule has 2 rings (SSSR count). The third-order valence-corrected chi connectivity index (χ3v) is 3.32. The average molecular weight is 336 g/mol. The Bertz CT molecular complexity index is 577. The molecule has 19 heavy (non-hydrogen) atoms. The molecule has 4 nitrogen and oxygen atoms in total. The van der Waals surface area contributed by atoms with E-state index in [0.717, 1.165) is 22.8 Å².